The maximum Gasteiger partial charge on any atom is 0.236 e. The molecule has 1 aromatic rings. The van der Waals surface area contributed by atoms with Crippen LogP contribution in [0, 0.1) is 0 Å². The lowest BCUT2D eigenvalue weighted by Gasteiger charge is -2.14. The first-order valence-corrected chi connectivity index (χ1v) is 6.32. The van der Waals surface area contributed by atoms with Crippen LogP contribution in [0.3, 0.4) is 0 Å². The molecule has 0 saturated heterocycles. The van der Waals surface area contributed by atoms with Gasteiger partial charge in [-0.05, 0) is 31.6 Å². The number of halogens is 2. The van der Waals surface area contributed by atoms with Crippen LogP contribution in [0.1, 0.15) is 25.0 Å². The van der Waals surface area contributed by atoms with Crippen LogP contribution in [0.5, 0.6) is 0 Å². The second-order valence-corrected chi connectivity index (χ2v) is 4.66. The molecule has 6 heteroatoms. The first kappa shape index (κ1) is 21.5. The van der Waals surface area contributed by atoms with Crippen LogP contribution in [0.15, 0.2) is 24.3 Å². The monoisotopic (exact) mass is 321 g/mol. The molecule has 0 aliphatic rings. The van der Waals surface area contributed by atoms with Crippen molar-refractivity contribution in [1.82, 2.24) is 10.2 Å². The highest BCUT2D eigenvalue weighted by Gasteiger charge is 2.06. The van der Waals surface area contributed by atoms with Crippen molar-refractivity contribution in [3.05, 3.63) is 35.4 Å². The Hall–Kier alpha value is -0.810. The zero-order valence-electron chi connectivity index (χ0n) is 12.3. The summed E-state index contributed by atoms with van der Waals surface area (Å²) in [6.45, 7) is 6.29. The molecule has 0 unspecified atom stereocenters. The van der Waals surface area contributed by atoms with Crippen molar-refractivity contribution in [2.24, 2.45) is 5.73 Å². The van der Waals surface area contributed by atoms with Gasteiger partial charge in [-0.25, -0.2) is 0 Å². The van der Waals surface area contributed by atoms with Gasteiger partial charge in [-0.1, -0.05) is 31.2 Å². The lowest BCUT2D eigenvalue weighted by atomic mass is 10.1. The molecule has 20 heavy (non-hydrogen) atoms. The highest BCUT2D eigenvalue weighted by Crippen LogP contribution is 2.07. The van der Waals surface area contributed by atoms with E-state index in [2.05, 4.69) is 36.3 Å². The van der Waals surface area contributed by atoms with Gasteiger partial charge in [0, 0.05) is 13.1 Å². The highest BCUT2D eigenvalue weighted by atomic mass is 35.5. The van der Waals surface area contributed by atoms with Crippen molar-refractivity contribution in [2.75, 3.05) is 13.6 Å². The van der Waals surface area contributed by atoms with E-state index >= 15 is 0 Å². The summed E-state index contributed by atoms with van der Waals surface area (Å²) in [5.41, 5.74) is 7.85. The third kappa shape index (κ3) is 7.70. The summed E-state index contributed by atoms with van der Waals surface area (Å²) in [7, 11) is 2.09. The van der Waals surface area contributed by atoms with E-state index in [1.165, 1.54) is 5.56 Å². The molecule has 0 spiro atoms. The van der Waals surface area contributed by atoms with Gasteiger partial charge in [0.1, 0.15) is 0 Å². The van der Waals surface area contributed by atoms with Crippen molar-refractivity contribution in [2.45, 2.75) is 33.0 Å². The van der Waals surface area contributed by atoms with Crippen molar-refractivity contribution in [3.8, 4) is 0 Å². The zero-order chi connectivity index (χ0) is 13.5. The van der Waals surface area contributed by atoms with Crippen molar-refractivity contribution in [3.63, 3.8) is 0 Å². The van der Waals surface area contributed by atoms with E-state index in [1.807, 2.05) is 12.1 Å². The van der Waals surface area contributed by atoms with Gasteiger partial charge >= 0.3 is 0 Å². The third-order valence-electron chi connectivity index (χ3n) is 2.86. The fraction of sp³-hybridized carbons (Fsp3) is 0.500. The molecule has 1 atom stereocenters. The summed E-state index contributed by atoms with van der Waals surface area (Å²) in [6, 6.07) is 7.79. The van der Waals surface area contributed by atoms with Gasteiger partial charge in [-0.3, -0.25) is 4.79 Å². The molecule has 1 aromatic carbocycles. The Labute approximate surface area is 133 Å². The van der Waals surface area contributed by atoms with Gasteiger partial charge in [-0.2, -0.15) is 0 Å². The molecule has 0 saturated carbocycles. The van der Waals surface area contributed by atoms with Crippen molar-refractivity contribution in [1.29, 1.82) is 0 Å². The number of carbonyl (C=O) groups excluding carboxylic acids is 1. The van der Waals surface area contributed by atoms with Crippen LogP contribution >= 0.6 is 24.8 Å². The first-order chi connectivity index (χ1) is 8.52. The quantitative estimate of drug-likeness (QED) is 0.842. The predicted octanol–water partition coefficient (Wildman–Crippen LogP) is 1.95. The lowest BCUT2D eigenvalue weighted by Crippen LogP contribution is -2.37. The molecule has 0 fully saturated rings. The Morgan fingerprint density at radius 3 is 2.50 bits per heavy atom. The predicted molar refractivity (Wildman–Crippen MR) is 88.4 cm³/mol. The van der Waals surface area contributed by atoms with E-state index in [1.54, 1.807) is 6.92 Å². The van der Waals surface area contributed by atoms with E-state index in [4.69, 9.17) is 5.73 Å². The minimum Gasteiger partial charge on any atom is -0.351 e. The Bertz CT molecular complexity index is 400. The molecule has 0 heterocycles. The number of nitrogens with zero attached hydrogens (tertiary/aromatic N) is 1. The van der Waals surface area contributed by atoms with Gasteiger partial charge in [-0.15, -0.1) is 24.8 Å². The molecule has 0 aromatic heterocycles. The van der Waals surface area contributed by atoms with E-state index in [9.17, 15) is 4.79 Å². The number of nitrogens with one attached hydrogen (secondary N) is 1. The largest absolute Gasteiger partial charge is 0.351 e. The molecule has 4 nitrogen and oxygen atoms in total. The van der Waals surface area contributed by atoms with E-state index < -0.39 is 6.04 Å². The van der Waals surface area contributed by atoms with E-state index in [0.29, 0.717) is 6.54 Å². The standard InChI is InChI=1S/C14H23N3O.2ClH/c1-4-17(3)10-13-7-5-6-12(8-13)9-16-14(18)11(2)15;;/h5-8,11H,4,9-10,15H2,1-3H3,(H,16,18);2*1H/t11-;;/m1../s1. The number of rotatable bonds is 6. The summed E-state index contributed by atoms with van der Waals surface area (Å²) in [4.78, 5) is 13.6. The minimum absolute atomic E-state index is 0. The molecule has 0 aliphatic carbocycles. The molecule has 116 valence electrons. The topological polar surface area (TPSA) is 58.4 Å². The van der Waals surface area contributed by atoms with Gasteiger partial charge in [0.25, 0.3) is 0 Å². The number of benzene rings is 1. The number of hydrogen-bond donors (Lipinski definition) is 2. The maximum absolute atomic E-state index is 11.4. The SMILES string of the molecule is CCN(C)Cc1cccc(CNC(=O)[C@@H](C)N)c1.Cl.Cl. The van der Waals surface area contributed by atoms with Crippen LogP contribution in [-0.2, 0) is 17.9 Å². The molecule has 0 aliphatic heterocycles. The molecule has 0 radical (unpaired) electrons. The number of nitrogens with two attached hydrogens (primary N) is 1. The number of carbonyl (C=O) groups is 1. The average molecular weight is 322 g/mol. The second kappa shape index (κ2) is 10.9. The second-order valence-electron chi connectivity index (χ2n) is 4.66. The molecule has 1 amide bonds. The lowest BCUT2D eigenvalue weighted by molar-refractivity contribution is -0.122. The van der Waals surface area contributed by atoms with Crippen LogP contribution in [0.4, 0.5) is 0 Å². The van der Waals surface area contributed by atoms with E-state index in [-0.39, 0.29) is 30.7 Å². The average Bonchev–Trinajstić information content (AvgIpc) is 2.36. The Morgan fingerprint density at radius 1 is 1.35 bits per heavy atom. The smallest absolute Gasteiger partial charge is 0.236 e. The summed E-state index contributed by atoms with van der Waals surface area (Å²) < 4.78 is 0. The third-order valence-corrected chi connectivity index (χ3v) is 2.86. The molecule has 0 bridgehead atoms. The number of amides is 1. The van der Waals surface area contributed by atoms with Gasteiger partial charge < -0.3 is 16.0 Å². The Kier molecular flexibility index (Phi) is 11.7. The van der Waals surface area contributed by atoms with Crippen molar-refractivity contribution >= 4 is 30.7 Å². The Balaban J connectivity index is 0. The fourth-order valence-electron chi connectivity index (χ4n) is 1.61. The zero-order valence-corrected chi connectivity index (χ0v) is 13.9. The summed E-state index contributed by atoms with van der Waals surface area (Å²) in [6.07, 6.45) is 0. The maximum atomic E-state index is 11.4. The minimum atomic E-state index is -0.459. The van der Waals surface area contributed by atoms with Crippen LogP contribution in [0.25, 0.3) is 0 Å². The molecular weight excluding hydrogens is 297 g/mol. The molecule has 1 rings (SSSR count). The summed E-state index contributed by atoms with van der Waals surface area (Å²) in [5, 5.41) is 2.82. The van der Waals surface area contributed by atoms with Gasteiger partial charge in [0.05, 0.1) is 6.04 Å². The molecular formula is C14H25Cl2N3O. The fourth-order valence-corrected chi connectivity index (χ4v) is 1.61. The van der Waals surface area contributed by atoms with Crippen LogP contribution in [-0.4, -0.2) is 30.4 Å². The van der Waals surface area contributed by atoms with Gasteiger partial charge in [0.2, 0.25) is 5.91 Å². The van der Waals surface area contributed by atoms with Crippen LogP contribution in [0.2, 0.25) is 0 Å². The van der Waals surface area contributed by atoms with Gasteiger partial charge in [0.15, 0.2) is 0 Å². The first-order valence-electron chi connectivity index (χ1n) is 6.32. The summed E-state index contributed by atoms with van der Waals surface area (Å²) >= 11 is 0. The van der Waals surface area contributed by atoms with Crippen LogP contribution < -0.4 is 11.1 Å². The molecule has 3 N–H and O–H groups in total. The normalized spacial score (nSPS) is 11.2. The van der Waals surface area contributed by atoms with E-state index in [0.717, 1.165) is 18.7 Å². The highest BCUT2D eigenvalue weighted by molar-refractivity contribution is 5.85. The number of hydrogen-bond acceptors (Lipinski definition) is 3. The van der Waals surface area contributed by atoms with Crippen molar-refractivity contribution < 1.29 is 4.79 Å². The summed E-state index contributed by atoms with van der Waals surface area (Å²) in [5.74, 6) is -0.119. The Morgan fingerprint density at radius 2 is 1.95 bits per heavy atom.